The molecule has 8 nitrogen and oxygen atoms in total. The molecule has 1 fully saturated rings. The van der Waals surface area contributed by atoms with Crippen molar-refractivity contribution in [2.45, 2.75) is 32.2 Å². The van der Waals surface area contributed by atoms with Crippen molar-refractivity contribution in [1.29, 1.82) is 0 Å². The minimum Gasteiger partial charge on any atom is -0.496 e. The van der Waals surface area contributed by atoms with Crippen molar-refractivity contribution in [3.05, 3.63) is 53.6 Å². The van der Waals surface area contributed by atoms with Gasteiger partial charge in [-0.05, 0) is 49.9 Å². The Morgan fingerprint density at radius 1 is 1.12 bits per heavy atom. The van der Waals surface area contributed by atoms with Crippen molar-refractivity contribution >= 4 is 23.5 Å². The van der Waals surface area contributed by atoms with E-state index in [1.54, 1.807) is 28.0 Å². The number of hydrogen-bond donors (Lipinski definition) is 1. The average molecular weight is 453 g/mol. The first-order valence-electron chi connectivity index (χ1n) is 11.2. The number of amides is 2. The number of hydrogen-bond acceptors (Lipinski definition) is 5. The third-order valence-corrected chi connectivity index (χ3v) is 6.34. The second-order valence-corrected chi connectivity index (χ2v) is 8.25. The van der Waals surface area contributed by atoms with E-state index in [2.05, 4.69) is 0 Å². The lowest BCUT2D eigenvalue weighted by Gasteiger charge is -2.42. The summed E-state index contributed by atoms with van der Waals surface area (Å²) in [5.74, 6) is -1.60. The van der Waals surface area contributed by atoms with E-state index in [0.29, 0.717) is 49.6 Å². The quantitative estimate of drug-likeness (QED) is 0.677. The van der Waals surface area contributed by atoms with Gasteiger partial charge in [-0.1, -0.05) is 18.2 Å². The van der Waals surface area contributed by atoms with Gasteiger partial charge in [0, 0.05) is 30.9 Å². The molecule has 33 heavy (non-hydrogen) atoms. The number of carbonyl (C=O) groups is 3. The molecule has 0 aromatic heterocycles. The molecule has 0 saturated carbocycles. The zero-order valence-electron chi connectivity index (χ0n) is 18.8. The Bertz CT molecular complexity index is 1060. The molecule has 1 N–H and O–H groups in total. The Morgan fingerprint density at radius 2 is 1.85 bits per heavy atom. The van der Waals surface area contributed by atoms with Crippen LogP contribution < -0.4 is 14.4 Å². The first-order valence-corrected chi connectivity index (χ1v) is 11.2. The van der Waals surface area contributed by atoms with Crippen LogP contribution in [0.25, 0.3) is 0 Å². The number of carboxylic acids is 1. The molecule has 8 heteroatoms. The molecule has 2 aliphatic heterocycles. The van der Waals surface area contributed by atoms with Gasteiger partial charge in [-0.15, -0.1) is 0 Å². The molecule has 1 saturated heterocycles. The van der Waals surface area contributed by atoms with Crippen molar-refractivity contribution in [3.8, 4) is 11.5 Å². The van der Waals surface area contributed by atoms with Crippen LogP contribution in [0, 0.1) is 5.92 Å². The van der Waals surface area contributed by atoms with Gasteiger partial charge < -0.3 is 24.4 Å². The van der Waals surface area contributed by atoms with Crippen molar-refractivity contribution in [3.63, 3.8) is 0 Å². The fourth-order valence-electron chi connectivity index (χ4n) is 4.68. The number of nitrogens with zero attached hydrogens (tertiary/aromatic N) is 2. The standard InChI is InChI=1S/C25H28N2O6/c1-3-33-18-8-9-19(22(15-18)32-2)23(28)26-12-10-17(11-13-26)27-21-7-5-4-6-16(21)14-20(24(27)29)25(30)31/h4-9,15,17,20H,3,10-14H2,1-2H3,(H,30,31). The molecule has 4 rings (SSSR count). The summed E-state index contributed by atoms with van der Waals surface area (Å²) >= 11 is 0. The molecule has 1 unspecified atom stereocenters. The van der Waals surface area contributed by atoms with E-state index in [1.807, 2.05) is 31.2 Å². The Labute approximate surface area is 192 Å². The summed E-state index contributed by atoms with van der Waals surface area (Å²) < 4.78 is 10.9. The number of methoxy groups -OCH3 is 1. The van der Waals surface area contributed by atoms with E-state index >= 15 is 0 Å². The van der Waals surface area contributed by atoms with Crippen molar-refractivity contribution in [1.82, 2.24) is 4.90 Å². The van der Waals surface area contributed by atoms with Gasteiger partial charge in [-0.3, -0.25) is 14.4 Å². The first kappa shape index (κ1) is 22.6. The van der Waals surface area contributed by atoms with Crippen molar-refractivity contribution in [2.24, 2.45) is 5.92 Å². The van der Waals surface area contributed by atoms with Gasteiger partial charge in [0.25, 0.3) is 5.91 Å². The minimum absolute atomic E-state index is 0.137. The van der Waals surface area contributed by atoms with Crippen molar-refractivity contribution in [2.75, 3.05) is 31.7 Å². The molecule has 1 atom stereocenters. The Hall–Kier alpha value is -3.55. The average Bonchev–Trinajstić information content (AvgIpc) is 2.83. The van der Waals surface area contributed by atoms with E-state index in [4.69, 9.17) is 9.47 Å². The minimum atomic E-state index is -1.10. The number of para-hydroxylation sites is 1. The number of aliphatic carboxylic acids is 1. The number of carboxylic acid groups (broad SMARTS) is 1. The normalized spacial score (nSPS) is 18.6. The molecule has 0 radical (unpaired) electrons. The number of ether oxygens (including phenoxy) is 2. The Balaban J connectivity index is 1.50. The molecule has 2 aromatic carbocycles. The molecular formula is C25H28N2O6. The topological polar surface area (TPSA) is 96.4 Å². The highest BCUT2D eigenvalue weighted by Gasteiger charge is 2.41. The summed E-state index contributed by atoms with van der Waals surface area (Å²) in [5, 5.41) is 9.57. The van der Waals surface area contributed by atoms with Crippen LogP contribution in [0.15, 0.2) is 42.5 Å². The maximum atomic E-state index is 13.2. The summed E-state index contributed by atoms with van der Waals surface area (Å²) in [6.45, 7) is 3.33. The lowest BCUT2D eigenvalue weighted by Crippen LogP contribution is -2.53. The maximum Gasteiger partial charge on any atom is 0.316 e. The van der Waals surface area contributed by atoms with Crippen LogP contribution in [-0.4, -0.2) is 60.6 Å². The predicted octanol–water partition coefficient (Wildman–Crippen LogP) is 2.99. The van der Waals surface area contributed by atoms with E-state index < -0.39 is 11.9 Å². The number of benzene rings is 2. The third-order valence-electron chi connectivity index (χ3n) is 6.34. The van der Waals surface area contributed by atoms with Gasteiger partial charge >= 0.3 is 5.97 Å². The highest BCUT2D eigenvalue weighted by atomic mass is 16.5. The molecular weight excluding hydrogens is 424 g/mol. The number of carbonyl (C=O) groups excluding carboxylic acids is 2. The summed E-state index contributed by atoms with van der Waals surface area (Å²) in [6, 6.07) is 12.5. The van der Waals surface area contributed by atoms with Gasteiger partial charge in [-0.2, -0.15) is 0 Å². The highest BCUT2D eigenvalue weighted by molar-refractivity contribution is 6.08. The largest absolute Gasteiger partial charge is 0.496 e. The van der Waals surface area contributed by atoms with E-state index in [1.165, 1.54) is 7.11 Å². The number of likely N-dealkylation sites (tertiary alicyclic amines) is 1. The van der Waals surface area contributed by atoms with Crippen LogP contribution in [0.3, 0.4) is 0 Å². The second kappa shape index (κ2) is 9.52. The number of fused-ring (bicyclic) bond motifs is 1. The van der Waals surface area contributed by atoms with E-state index in [0.717, 1.165) is 11.3 Å². The smallest absolute Gasteiger partial charge is 0.316 e. The first-order chi connectivity index (χ1) is 15.9. The SMILES string of the molecule is CCOc1ccc(C(=O)N2CCC(N3C(=O)C(C(=O)O)Cc4ccccc43)CC2)c(OC)c1. The molecule has 0 bridgehead atoms. The van der Waals surface area contributed by atoms with Crippen LogP contribution in [0.2, 0.25) is 0 Å². The molecule has 2 heterocycles. The number of piperidine rings is 1. The number of rotatable bonds is 6. The van der Waals surface area contributed by atoms with Gasteiger partial charge in [-0.25, -0.2) is 0 Å². The molecule has 2 aromatic rings. The van der Waals surface area contributed by atoms with Crippen LogP contribution in [-0.2, 0) is 16.0 Å². The zero-order chi connectivity index (χ0) is 23.5. The Kier molecular flexibility index (Phi) is 6.53. The fourth-order valence-corrected chi connectivity index (χ4v) is 4.68. The molecule has 0 spiro atoms. The second-order valence-electron chi connectivity index (χ2n) is 8.25. The maximum absolute atomic E-state index is 13.2. The molecule has 2 aliphatic rings. The summed E-state index contributed by atoms with van der Waals surface area (Å²) in [7, 11) is 1.52. The van der Waals surface area contributed by atoms with Crippen LogP contribution in [0.1, 0.15) is 35.7 Å². The van der Waals surface area contributed by atoms with Gasteiger partial charge in [0.2, 0.25) is 5.91 Å². The summed E-state index contributed by atoms with van der Waals surface area (Å²) in [4.78, 5) is 41.4. The van der Waals surface area contributed by atoms with Gasteiger partial charge in [0.1, 0.15) is 17.4 Å². The van der Waals surface area contributed by atoms with Gasteiger partial charge in [0.05, 0.1) is 19.3 Å². The van der Waals surface area contributed by atoms with E-state index in [-0.39, 0.29) is 24.3 Å². The highest BCUT2D eigenvalue weighted by Crippen LogP contribution is 2.35. The third kappa shape index (κ3) is 4.37. The number of anilines is 1. The Morgan fingerprint density at radius 3 is 2.52 bits per heavy atom. The van der Waals surface area contributed by atoms with Gasteiger partial charge in [0.15, 0.2) is 0 Å². The molecule has 0 aliphatic carbocycles. The summed E-state index contributed by atoms with van der Waals surface area (Å²) in [6.07, 6.45) is 1.34. The zero-order valence-corrected chi connectivity index (χ0v) is 18.8. The summed E-state index contributed by atoms with van der Waals surface area (Å²) in [5.41, 5.74) is 2.10. The molecule has 174 valence electrons. The van der Waals surface area contributed by atoms with Crippen LogP contribution >= 0.6 is 0 Å². The van der Waals surface area contributed by atoms with Crippen LogP contribution in [0.5, 0.6) is 11.5 Å². The van der Waals surface area contributed by atoms with Crippen molar-refractivity contribution < 1.29 is 29.0 Å². The lowest BCUT2D eigenvalue weighted by molar-refractivity contribution is -0.146. The fraction of sp³-hybridized carbons (Fsp3) is 0.400. The predicted molar refractivity (Wildman–Crippen MR) is 122 cm³/mol. The monoisotopic (exact) mass is 452 g/mol. The van der Waals surface area contributed by atoms with Crippen LogP contribution in [0.4, 0.5) is 5.69 Å². The lowest BCUT2D eigenvalue weighted by atomic mass is 9.89. The van der Waals surface area contributed by atoms with E-state index in [9.17, 15) is 19.5 Å². The molecule has 2 amide bonds.